The lowest BCUT2D eigenvalue weighted by atomic mass is 10.1. The summed E-state index contributed by atoms with van der Waals surface area (Å²) in [6.45, 7) is 11.1. The van der Waals surface area contributed by atoms with Crippen LogP contribution < -0.4 is 0 Å². The first-order valence-corrected chi connectivity index (χ1v) is 9.99. The average molecular weight is 369 g/mol. The van der Waals surface area contributed by atoms with Gasteiger partial charge in [0.05, 0.1) is 12.1 Å². The normalized spacial score (nSPS) is 18.6. The maximum atomic E-state index is 13.1. The second-order valence-corrected chi connectivity index (χ2v) is 7.65. The summed E-state index contributed by atoms with van der Waals surface area (Å²) < 4.78 is 1.87. The minimum Gasteiger partial charge on any atom is -0.338 e. The summed E-state index contributed by atoms with van der Waals surface area (Å²) in [6, 6.07) is 11.3. The third-order valence-electron chi connectivity index (χ3n) is 6.11. The zero-order chi connectivity index (χ0) is 19.6. The summed E-state index contributed by atoms with van der Waals surface area (Å²) >= 11 is 0. The van der Waals surface area contributed by atoms with Crippen molar-refractivity contribution < 1.29 is 4.79 Å². The Kier molecular flexibility index (Phi) is 6.00. The van der Waals surface area contributed by atoms with Crippen LogP contribution in [0, 0.1) is 13.8 Å². The van der Waals surface area contributed by atoms with E-state index in [0.717, 1.165) is 43.0 Å². The van der Waals surface area contributed by atoms with Crippen LogP contribution in [0.2, 0.25) is 0 Å². The maximum Gasteiger partial charge on any atom is 0.227 e. The predicted molar refractivity (Wildman–Crippen MR) is 109 cm³/mol. The van der Waals surface area contributed by atoms with E-state index in [1.165, 1.54) is 5.56 Å². The van der Waals surface area contributed by atoms with Crippen LogP contribution in [0.15, 0.2) is 30.3 Å². The highest BCUT2D eigenvalue weighted by atomic mass is 16.2. The first-order chi connectivity index (χ1) is 12.9. The van der Waals surface area contributed by atoms with Gasteiger partial charge in [0.15, 0.2) is 0 Å². The molecule has 2 atom stereocenters. The van der Waals surface area contributed by atoms with E-state index in [1.54, 1.807) is 0 Å². The molecule has 0 N–H and O–H groups in total. The highest BCUT2D eigenvalue weighted by molar-refractivity contribution is 5.79. The second kappa shape index (κ2) is 8.26. The molecule has 0 aliphatic carbocycles. The molecule has 1 aromatic carbocycles. The Balaban J connectivity index is 1.66. The lowest BCUT2D eigenvalue weighted by Gasteiger charge is -2.30. The minimum atomic E-state index is 0.218. The number of rotatable bonds is 6. The fourth-order valence-electron chi connectivity index (χ4n) is 4.28. The van der Waals surface area contributed by atoms with Crippen molar-refractivity contribution in [2.45, 2.75) is 52.6 Å². The lowest BCUT2D eigenvalue weighted by molar-refractivity contribution is -0.132. The van der Waals surface area contributed by atoms with Crippen LogP contribution in [0.5, 0.6) is 0 Å². The van der Waals surface area contributed by atoms with Crippen molar-refractivity contribution in [2.24, 2.45) is 7.05 Å². The van der Waals surface area contributed by atoms with Crippen LogP contribution in [0.3, 0.4) is 0 Å². The fraction of sp³-hybridized carbons (Fsp3) is 0.545. The largest absolute Gasteiger partial charge is 0.338 e. The Hall–Kier alpha value is -2.14. The van der Waals surface area contributed by atoms with E-state index in [9.17, 15) is 4.79 Å². The third-order valence-corrected chi connectivity index (χ3v) is 6.11. The van der Waals surface area contributed by atoms with Gasteiger partial charge in [0.1, 0.15) is 0 Å². The van der Waals surface area contributed by atoms with Crippen LogP contribution in [0.25, 0.3) is 0 Å². The second-order valence-electron chi connectivity index (χ2n) is 7.65. The Morgan fingerprint density at radius 2 is 2.00 bits per heavy atom. The number of carbonyl (C=O) groups is 1. The molecule has 1 saturated heterocycles. The monoisotopic (exact) mass is 368 g/mol. The van der Waals surface area contributed by atoms with E-state index >= 15 is 0 Å². The van der Waals surface area contributed by atoms with Gasteiger partial charge in [-0.25, -0.2) is 0 Å². The van der Waals surface area contributed by atoms with Gasteiger partial charge in [-0.2, -0.15) is 5.10 Å². The molecular formula is C22H32N4O. The number of likely N-dealkylation sites (N-methyl/N-ethyl adjacent to an activating group) is 1. The summed E-state index contributed by atoms with van der Waals surface area (Å²) in [5.74, 6) is 0.218. The third kappa shape index (κ3) is 4.08. The molecule has 1 aliphatic rings. The molecule has 1 aromatic heterocycles. The Bertz CT molecular complexity index is 783. The Labute approximate surface area is 163 Å². The molecule has 0 unspecified atom stereocenters. The summed E-state index contributed by atoms with van der Waals surface area (Å²) in [7, 11) is 1.94. The van der Waals surface area contributed by atoms with E-state index in [1.807, 2.05) is 25.6 Å². The molecular weight excluding hydrogens is 336 g/mol. The van der Waals surface area contributed by atoms with Crippen LogP contribution in [-0.4, -0.2) is 51.2 Å². The average Bonchev–Trinajstić information content (AvgIpc) is 3.23. The van der Waals surface area contributed by atoms with Crippen LogP contribution in [0.1, 0.15) is 48.8 Å². The number of aromatic nitrogens is 2. The van der Waals surface area contributed by atoms with Gasteiger partial charge in [-0.15, -0.1) is 0 Å². The van der Waals surface area contributed by atoms with Gasteiger partial charge in [0.2, 0.25) is 5.91 Å². The molecule has 0 spiro atoms. The first-order valence-electron chi connectivity index (χ1n) is 9.99. The van der Waals surface area contributed by atoms with Gasteiger partial charge in [-0.1, -0.05) is 30.3 Å². The molecule has 3 rings (SSSR count). The first kappa shape index (κ1) is 19.6. The van der Waals surface area contributed by atoms with Crippen molar-refractivity contribution in [3.63, 3.8) is 0 Å². The van der Waals surface area contributed by atoms with E-state index < -0.39 is 0 Å². The van der Waals surface area contributed by atoms with E-state index in [2.05, 4.69) is 59.1 Å². The predicted octanol–water partition coefficient (Wildman–Crippen LogP) is 3.26. The van der Waals surface area contributed by atoms with Crippen molar-refractivity contribution >= 4 is 5.91 Å². The number of benzene rings is 1. The van der Waals surface area contributed by atoms with Crippen molar-refractivity contribution in [1.29, 1.82) is 0 Å². The minimum absolute atomic E-state index is 0.218. The number of carbonyl (C=O) groups excluding carboxylic acids is 1. The quantitative estimate of drug-likeness (QED) is 0.786. The summed E-state index contributed by atoms with van der Waals surface area (Å²) in [5, 5.41) is 4.45. The van der Waals surface area contributed by atoms with Gasteiger partial charge in [0.25, 0.3) is 0 Å². The van der Waals surface area contributed by atoms with Crippen molar-refractivity contribution in [3.8, 4) is 0 Å². The van der Waals surface area contributed by atoms with E-state index in [-0.39, 0.29) is 5.91 Å². The van der Waals surface area contributed by atoms with E-state index in [4.69, 9.17) is 0 Å². The molecule has 0 saturated carbocycles. The van der Waals surface area contributed by atoms with Gasteiger partial charge >= 0.3 is 0 Å². The Morgan fingerprint density at radius 1 is 1.30 bits per heavy atom. The van der Waals surface area contributed by atoms with Crippen LogP contribution >= 0.6 is 0 Å². The van der Waals surface area contributed by atoms with Crippen molar-refractivity contribution in [1.82, 2.24) is 19.6 Å². The molecule has 2 heterocycles. The molecule has 0 radical (unpaired) electrons. The highest BCUT2D eigenvalue weighted by Gasteiger charge is 2.32. The zero-order valence-corrected chi connectivity index (χ0v) is 17.3. The van der Waals surface area contributed by atoms with Crippen molar-refractivity contribution in [3.05, 3.63) is 52.8 Å². The molecule has 0 bridgehead atoms. The summed E-state index contributed by atoms with van der Waals surface area (Å²) in [4.78, 5) is 17.6. The molecule has 2 aromatic rings. The number of likely N-dealkylation sites (tertiary alicyclic amines) is 1. The Morgan fingerprint density at radius 3 is 2.59 bits per heavy atom. The number of aryl methyl sites for hydroxylation is 2. The number of nitrogens with zero attached hydrogens (tertiary/aromatic N) is 4. The van der Waals surface area contributed by atoms with Gasteiger partial charge in [-0.3, -0.25) is 14.4 Å². The van der Waals surface area contributed by atoms with Gasteiger partial charge < -0.3 is 4.90 Å². The number of amides is 1. The maximum absolute atomic E-state index is 13.1. The topological polar surface area (TPSA) is 41.4 Å². The highest BCUT2D eigenvalue weighted by Crippen LogP contribution is 2.27. The summed E-state index contributed by atoms with van der Waals surface area (Å²) in [5.41, 5.74) is 4.47. The fourth-order valence-corrected chi connectivity index (χ4v) is 4.28. The summed E-state index contributed by atoms with van der Waals surface area (Å²) in [6.07, 6.45) is 1.49. The SMILES string of the molecule is CCN(C(=O)Cc1c(C)nn(C)c1C)[C@@H]1CCN([C@@H](C)c2ccccc2)C1. The van der Waals surface area contributed by atoms with Gasteiger partial charge in [-0.05, 0) is 39.7 Å². The standard InChI is InChI=1S/C22H32N4O/c1-6-26(22(27)14-21-16(2)23-24(5)18(21)4)20-12-13-25(15-20)17(3)19-10-8-7-9-11-19/h7-11,17,20H,6,12-15H2,1-5H3/t17-,20+/m0/s1. The molecule has 146 valence electrons. The molecule has 1 amide bonds. The van der Waals surface area contributed by atoms with Gasteiger partial charge in [0, 0.05) is 50.0 Å². The van der Waals surface area contributed by atoms with Crippen molar-refractivity contribution in [2.75, 3.05) is 19.6 Å². The lowest BCUT2D eigenvalue weighted by Crippen LogP contribution is -2.43. The number of hydrogen-bond donors (Lipinski definition) is 0. The molecule has 5 heteroatoms. The van der Waals surface area contributed by atoms with E-state index in [0.29, 0.717) is 18.5 Å². The van der Waals surface area contributed by atoms with Crippen LogP contribution in [0.4, 0.5) is 0 Å². The zero-order valence-electron chi connectivity index (χ0n) is 17.3. The number of hydrogen-bond acceptors (Lipinski definition) is 3. The molecule has 1 fully saturated rings. The molecule has 27 heavy (non-hydrogen) atoms. The smallest absolute Gasteiger partial charge is 0.227 e. The molecule has 5 nitrogen and oxygen atoms in total. The molecule has 1 aliphatic heterocycles. The van der Waals surface area contributed by atoms with Crippen LogP contribution in [-0.2, 0) is 18.3 Å².